The Labute approximate surface area is 172 Å². The van der Waals surface area contributed by atoms with Crippen molar-refractivity contribution in [3.63, 3.8) is 0 Å². The van der Waals surface area contributed by atoms with Crippen molar-refractivity contribution in [3.8, 4) is 5.69 Å². The molecule has 4 N–H and O–H groups in total. The summed E-state index contributed by atoms with van der Waals surface area (Å²) in [6.07, 6.45) is 1.80. The smallest absolute Gasteiger partial charge is 0.335 e. The summed E-state index contributed by atoms with van der Waals surface area (Å²) in [5, 5.41) is 12.2. The molecule has 0 aliphatic heterocycles. The number of amides is 1. The molecule has 0 fully saturated rings. The zero-order valence-corrected chi connectivity index (χ0v) is 16.4. The Hall–Kier alpha value is -3.94. The van der Waals surface area contributed by atoms with E-state index in [1.807, 2.05) is 31.2 Å². The number of carbonyl (C=O) groups excluding carboxylic acids is 1. The van der Waals surface area contributed by atoms with Crippen LogP contribution in [0.5, 0.6) is 0 Å². The lowest BCUT2D eigenvalue weighted by Crippen LogP contribution is -2.25. The van der Waals surface area contributed by atoms with Crippen LogP contribution in [-0.2, 0) is 0 Å². The molecule has 0 saturated carbocycles. The Morgan fingerprint density at radius 2 is 1.83 bits per heavy atom. The monoisotopic (exact) mass is 403 g/mol. The van der Waals surface area contributed by atoms with Crippen molar-refractivity contribution in [2.24, 2.45) is 0 Å². The highest BCUT2D eigenvalue weighted by atomic mass is 16.4. The minimum Gasteiger partial charge on any atom is -0.478 e. The standard InChI is InChI=1S/C22H21N5O3/c1-2-3-11-24-21(28)17-18-20(26-16-10-5-4-9-15(16)25-18)27(19(17)23)14-8-6-7-13(12-14)22(29)30/h4-10,12H,2-3,11,23H2,1H3,(H,24,28)(H,29,30). The maximum Gasteiger partial charge on any atom is 0.335 e. The molecule has 4 rings (SSSR count). The van der Waals surface area contributed by atoms with Crippen LogP contribution in [0.2, 0.25) is 0 Å². The summed E-state index contributed by atoms with van der Waals surface area (Å²) in [5.41, 5.74) is 9.32. The minimum absolute atomic E-state index is 0.108. The molecule has 0 unspecified atom stereocenters. The molecule has 2 heterocycles. The van der Waals surface area contributed by atoms with Gasteiger partial charge in [0.25, 0.3) is 5.91 Å². The topological polar surface area (TPSA) is 123 Å². The molecule has 4 aromatic rings. The molecule has 8 heteroatoms. The number of carboxylic acid groups (broad SMARTS) is 1. The quantitative estimate of drug-likeness (QED) is 0.424. The van der Waals surface area contributed by atoms with Gasteiger partial charge in [-0.05, 0) is 36.8 Å². The molecular formula is C22H21N5O3. The third kappa shape index (κ3) is 3.32. The van der Waals surface area contributed by atoms with Crippen molar-refractivity contribution in [1.29, 1.82) is 0 Å². The summed E-state index contributed by atoms with van der Waals surface area (Å²) < 4.78 is 1.58. The number of anilines is 1. The molecule has 0 aliphatic carbocycles. The summed E-state index contributed by atoms with van der Waals surface area (Å²) in [7, 11) is 0. The number of hydrogen-bond acceptors (Lipinski definition) is 5. The van der Waals surface area contributed by atoms with Gasteiger partial charge in [-0.1, -0.05) is 31.5 Å². The first kappa shape index (κ1) is 19.4. The molecule has 0 saturated heterocycles. The van der Waals surface area contributed by atoms with Gasteiger partial charge >= 0.3 is 5.97 Å². The van der Waals surface area contributed by atoms with Crippen molar-refractivity contribution < 1.29 is 14.7 Å². The highest BCUT2D eigenvalue weighted by Crippen LogP contribution is 2.31. The molecule has 0 bridgehead atoms. The van der Waals surface area contributed by atoms with Gasteiger partial charge in [-0.3, -0.25) is 9.36 Å². The molecule has 0 aliphatic rings. The predicted octanol–water partition coefficient (Wildman–Crippen LogP) is 3.38. The van der Waals surface area contributed by atoms with E-state index >= 15 is 0 Å². The van der Waals surface area contributed by atoms with Gasteiger partial charge in [0.1, 0.15) is 16.9 Å². The third-order valence-corrected chi connectivity index (χ3v) is 4.89. The lowest BCUT2D eigenvalue weighted by atomic mass is 10.2. The first-order chi connectivity index (χ1) is 14.5. The fourth-order valence-electron chi connectivity index (χ4n) is 3.39. The van der Waals surface area contributed by atoms with Gasteiger partial charge < -0.3 is 16.2 Å². The fraction of sp³-hybridized carbons (Fsp3) is 0.182. The molecule has 2 aromatic carbocycles. The molecule has 0 atom stereocenters. The van der Waals surface area contributed by atoms with Gasteiger partial charge in [-0.15, -0.1) is 0 Å². The normalized spacial score (nSPS) is 11.1. The van der Waals surface area contributed by atoms with Crippen molar-refractivity contribution in [2.75, 3.05) is 12.3 Å². The van der Waals surface area contributed by atoms with E-state index in [0.717, 1.165) is 12.8 Å². The van der Waals surface area contributed by atoms with E-state index in [2.05, 4.69) is 15.3 Å². The molecular weight excluding hydrogens is 382 g/mol. The van der Waals surface area contributed by atoms with E-state index < -0.39 is 5.97 Å². The van der Waals surface area contributed by atoms with Crippen LogP contribution in [0, 0.1) is 0 Å². The van der Waals surface area contributed by atoms with E-state index in [0.29, 0.717) is 34.4 Å². The number of nitrogens with zero attached hydrogens (tertiary/aromatic N) is 3. The average molecular weight is 403 g/mol. The van der Waals surface area contributed by atoms with E-state index in [1.165, 1.54) is 12.1 Å². The average Bonchev–Trinajstić information content (AvgIpc) is 3.03. The van der Waals surface area contributed by atoms with Gasteiger partial charge in [-0.2, -0.15) is 0 Å². The van der Waals surface area contributed by atoms with Crippen LogP contribution in [0.4, 0.5) is 5.82 Å². The fourth-order valence-corrected chi connectivity index (χ4v) is 3.39. The third-order valence-electron chi connectivity index (χ3n) is 4.89. The van der Waals surface area contributed by atoms with Crippen LogP contribution in [0.25, 0.3) is 27.9 Å². The summed E-state index contributed by atoms with van der Waals surface area (Å²) in [6, 6.07) is 13.7. The first-order valence-electron chi connectivity index (χ1n) is 9.70. The lowest BCUT2D eigenvalue weighted by molar-refractivity contribution is 0.0696. The molecule has 0 spiro atoms. The second-order valence-corrected chi connectivity index (χ2v) is 6.95. The van der Waals surface area contributed by atoms with Crippen LogP contribution in [0.1, 0.15) is 40.5 Å². The summed E-state index contributed by atoms with van der Waals surface area (Å²) >= 11 is 0. The second kappa shape index (κ2) is 7.82. The molecule has 1 amide bonds. The lowest BCUT2D eigenvalue weighted by Gasteiger charge is -2.09. The summed E-state index contributed by atoms with van der Waals surface area (Å²) in [5.74, 6) is -1.22. The van der Waals surface area contributed by atoms with Crippen molar-refractivity contribution in [2.45, 2.75) is 19.8 Å². The number of unbranched alkanes of at least 4 members (excludes halogenated alkanes) is 1. The predicted molar refractivity (Wildman–Crippen MR) is 115 cm³/mol. The van der Waals surface area contributed by atoms with Gasteiger partial charge in [0.15, 0.2) is 5.65 Å². The number of rotatable bonds is 6. The number of nitrogen functional groups attached to an aromatic ring is 1. The van der Waals surface area contributed by atoms with Gasteiger partial charge in [0.05, 0.1) is 16.6 Å². The summed E-state index contributed by atoms with van der Waals surface area (Å²) in [6.45, 7) is 2.57. The number of benzene rings is 2. The molecule has 0 radical (unpaired) electrons. The summed E-state index contributed by atoms with van der Waals surface area (Å²) in [4.78, 5) is 33.7. The number of nitrogens with two attached hydrogens (primary N) is 1. The zero-order chi connectivity index (χ0) is 21.3. The van der Waals surface area contributed by atoms with E-state index in [9.17, 15) is 14.7 Å². The first-order valence-corrected chi connectivity index (χ1v) is 9.70. The number of nitrogens with one attached hydrogen (secondary N) is 1. The highest BCUT2D eigenvalue weighted by Gasteiger charge is 2.25. The molecule has 152 valence electrons. The van der Waals surface area contributed by atoms with Crippen LogP contribution >= 0.6 is 0 Å². The van der Waals surface area contributed by atoms with Gasteiger partial charge in [-0.25, -0.2) is 14.8 Å². The minimum atomic E-state index is -1.05. The molecule has 8 nitrogen and oxygen atoms in total. The SMILES string of the molecule is CCCCNC(=O)c1c(N)n(-c2cccc(C(=O)O)c2)c2nc3ccccc3nc12. The number of para-hydroxylation sites is 2. The largest absolute Gasteiger partial charge is 0.478 e. The number of carboxylic acids is 1. The van der Waals surface area contributed by atoms with Gasteiger partial charge in [0, 0.05) is 12.2 Å². The Balaban J connectivity index is 1.98. The Morgan fingerprint density at radius 1 is 1.10 bits per heavy atom. The number of fused-ring (bicyclic) bond motifs is 2. The van der Waals surface area contributed by atoms with E-state index in [4.69, 9.17) is 5.73 Å². The number of hydrogen-bond donors (Lipinski definition) is 3. The second-order valence-electron chi connectivity index (χ2n) is 6.95. The van der Waals surface area contributed by atoms with Crippen molar-refractivity contribution in [3.05, 3.63) is 59.7 Å². The maximum absolute atomic E-state index is 12.9. The Morgan fingerprint density at radius 3 is 2.53 bits per heavy atom. The Bertz CT molecular complexity index is 1280. The highest BCUT2D eigenvalue weighted by molar-refractivity contribution is 6.11. The van der Waals surface area contributed by atoms with Crippen LogP contribution in [0.15, 0.2) is 48.5 Å². The maximum atomic E-state index is 12.9. The van der Waals surface area contributed by atoms with E-state index in [-0.39, 0.29) is 22.9 Å². The van der Waals surface area contributed by atoms with Gasteiger partial charge in [0.2, 0.25) is 0 Å². The van der Waals surface area contributed by atoms with Crippen LogP contribution in [-0.4, -0.2) is 38.1 Å². The van der Waals surface area contributed by atoms with Crippen LogP contribution in [0.3, 0.4) is 0 Å². The number of carbonyl (C=O) groups is 2. The van der Waals surface area contributed by atoms with Crippen molar-refractivity contribution in [1.82, 2.24) is 19.9 Å². The van der Waals surface area contributed by atoms with Crippen LogP contribution < -0.4 is 11.1 Å². The number of aromatic carboxylic acids is 1. The van der Waals surface area contributed by atoms with Crippen molar-refractivity contribution >= 4 is 39.9 Å². The number of aromatic nitrogens is 3. The zero-order valence-electron chi connectivity index (χ0n) is 16.4. The Kier molecular flexibility index (Phi) is 5.05. The molecule has 30 heavy (non-hydrogen) atoms. The molecule has 2 aromatic heterocycles. The van der Waals surface area contributed by atoms with E-state index in [1.54, 1.807) is 16.7 Å².